The molecule has 0 aliphatic carbocycles. The van der Waals surface area contributed by atoms with Crippen molar-refractivity contribution in [1.29, 1.82) is 0 Å². The zero-order valence-electron chi connectivity index (χ0n) is 11.3. The minimum Gasteiger partial charge on any atom is -0.313 e. The Hall–Kier alpha value is -1.67. The maximum atomic E-state index is 13.3. The number of rotatable bonds is 6. The Kier molecular flexibility index (Phi) is 5.10. The maximum absolute atomic E-state index is 13.3. The van der Waals surface area contributed by atoms with E-state index in [0.29, 0.717) is 5.56 Å². The van der Waals surface area contributed by atoms with Crippen LogP contribution in [0.15, 0.2) is 48.5 Å². The van der Waals surface area contributed by atoms with E-state index in [-0.39, 0.29) is 5.82 Å². The highest BCUT2D eigenvalue weighted by molar-refractivity contribution is 5.23. The van der Waals surface area contributed by atoms with Gasteiger partial charge in [-0.15, -0.1) is 0 Å². The summed E-state index contributed by atoms with van der Waals surface area (Å²) in [6.07, 6.45) is 2.18. The number of hydrogen-bond donors (Lipinski definition) is 1. The van der Waals surface area contributed by atoms with E-state index < -0.39 is 0 Å². The average Bonchev–Trinajstić information content (AvgIpc) is 2.43. The first kappa shape index (κ1) is 13.8. The molecular formula is C17H20FN. The number of hydrogen-bond acceptors (Lipinski definition) is 1. The highest BCUT2D eigenvalue weighted by atomic mass is 19.1. The van der Waals surface area contributed by atoms with Crippen molar-refractivity contribution in [2.24, 2.45) is 0 Å². The van der Waals surface area contributed by atoms with Crippen LogP contribution in [0.5, 0.6) is 0 Å². The summed E-state index contributed by atoms with van der Waals surface area (Å²) < 4.78 is 13.3. The molecule has 0 bridgehead atoms. The van der Waals surface area contributed by atoms with Gasteiger partial charge >= 0.3 is 0 Å². The lowest BCUT2D eigenvalue weighted by molar-refractivity contribution is 0.608. The highest BCUT2D eigenvalue weighted by Gasteiger charge is 1.99. The van der Waals surface area contributed by atoms with Crippen LogP contribution in [0.4, 0.5) is 4.39 Å². The number of benzene rings is 2. The summed E-state index contributed by atoms with van der Waals surface area (Å²) in [5.41, 5.74) is 3.07. The molecule has 0 spiro atoms. The van der Waals surface area contributed by atoms with Crippen LogP contribution in [0.2, 0.25) is 0 Å². The van der Waals surface area contributed by atoms with Crippen LogP contribution in [0.3, 0.4) is 0 Å². The third kappa shape index (κ3) is 4.49. The summed E-state index contributed by atoms with van der Waals surface area (Å²) in [5.74, 6) is -0.122. The molecule has 0 aliphatic rings. The Morgan fingerprint density at radius 1 is 1.00 bits per heavy atom. The quantitative estimate of drug-likeness (QED) is 0.775. The molecule has 0 saturated carbocycles. The molecule has 2 aromatic rings. The molecule has 0 heterocycles. The Morgan fingerprint density at radius 3 is 2.53 bits per heavy atom. The number of nitrogens with one attached hydrogen (secondary N) is 1. The topological polar surface area (TPSA) is 12.0 Å². The second-order valence-corrected chi connectivity index (χ2v) is 4.85. The lowest BCUT2D eigenvalue weighted by Gasteiger charge is -2.06. The zero-order chi connectivity index (χ0) is 13.5. The van der Waals surface area contributed by atoms with Crippen LogP contribution in [0, 0.1) is 12.7 Å². The van der Waals surface area contributed by atoms with Crippen molar-refractivity contribution >= 4 is 0 Å². The lowest BCUT2D eigenvalue weighted by Crippen LogP contribution is -2.15. The minimum absolute atomic E-state index is 0.122. The van der Waals surface area contributed by atoms with Gasteiger partial charge in [-0.1, -0.05) is 42.5 Å². The second kappa shape index (κ2) is 7.05. The van der Waals surface area contributed by atoms with Gasteiger partial charge in [0.25, 0.3) is 0 Å². The third-order valence-corrected chi connectivity index (χ3v) is 3.23. The Bertz CT molecular complexity index is 508. The monoisotopic (exact) mass is 257 g/mol. The van der Waals surface area contributed by atoms with Crippen molar-refractivity contribution in [2.45, 2.75) is 26.3 Å². The van der Waals surface area contributed by atoms with Crippen LogP contribution >= 0.6 is 0 Å². The van der Waals surface area contributed by atoms with Gasteiger partial charge in [-0.2, -0.15) is 0 Å². The van der Waals surface area contributed by atoms with Gasteiger partial charge in [0, 0.05) is 6.54 Å². The molecule has 0 amide bonds. The zero-order valence-corrected chi connectivity index (χ0v) is 11.3. The van der Waals surface area contributed by atoms with E-state index in [9.17, 15) is 4.39 Å². The predicted octanol–water partition coefficient (Wildman–Crippen LogP) is 3.86. The van der Waals surface area contributed by atoms with Gasteiger partial charge < -0.3 is 5.32 Å². The molecule has 0 fully saturated rings. The predicted molar refractivity (Wildman–Crippen MR) is 77.6 cm³/mol. The van der Waals surface area contributed by atoms with Gasteiger partial charge in [0.05, 0.1) is 0 Å². The fourth-order valence-corrected chi connectivity index (χ4v) is 2.04. The van der Waals surface area contributed by atoms with E-state index in [4.69, 9.17) is 0 Å². The van der Waals surface area contributed by atoms with Crippen LogP contribution in [0.25, 0.3) is 0 Å². The van der Waals surface area contributed by atoms with Crippen LogP contribution in [-0.4, -0.2) is 6.54 Å². The van der Waals surface area contributed by atoms with Gasteiger partial charge in [0.1, 0.15) is 5.82 Å². The molecule has 0 aliphatic heterocycles. The van der Waals surface area contributed by atoms with E-state index >= 15 is 0 Å². The first-order valence-electron chi connectivity index (χ1n) is 6.75. The molecule has 0 radical (unpaired) electrons. The standard InChI is InChI=1S/C17H20FN/c1-14-9-10-16(12-17(14)18)13-19-11-5-8-15-6-3-2-4-7-15/h2-4,6-7,9-10,12,19H,5,8,11,13H2,1H3. The van der Waals surface area contributed by atoms with Crippen LogP contribution in [-0.2, 0) is 13.0 Å². The summed E-state index contributed by atoms with van der Waals surface area (Å²) in [5, 5.41) is 3.35. The smallest absolute Gasteiger partial charge is 0.126 e. The Morgan fingerprint density at radius 2 is 1.79 bits per heavy atom. The lowest BCUT2D eigenvalue weighted by atomic mass is 10.1. The van der Waals surface area contributed by atoms with Crippen molar-refractivity contribution in [1.82, 2.24) is 5.32 Å². The van der Waals surface area contributed by atoms with Gasteiger partial charge in [-0.3, -0.25) is 0 Å². The molecule has 0 atom stereocenters. The molecule has 19 heavy (non-hydrogen) atoms. The maximum Gasteiger partial charge on any atom is 0.126 e. The normalized spacial score (nSPS) is 10.6. The molecule has 2 heteroatoms. The summed E-state index contributed by atoms with van der Waals surface area (Å²) >= 11 is 0. The Labute approximate surface area is 114 Å². The summed E-state index contributed by atoms with van der Waals surface area (Å²) in [4.78, 5) is 0. The number of halogens is 1. The first-order chi connectivity index (χ1) is 9.25. The van der Waals surface area contributed by atoms with Crippen molar-refractivity contribution in [3.05, 3.63) is 71.0 Å². The van der Waals surface area contributed by atoms with Gasteiger partial charge in [-0.05, 0) is 49.1 Å². The molecule has 100 valence electrons. The molecule has 0 unspecified atom stereocenters. The molecule has 1 N–H and O–H groups in total. The Balaban J connectivity index is 1.68. The van der Waals surface area contributed by atoms with Crippen molar-refractivity contribution in [3.8, 4) is 0 Å². The molecule has 2 aromatic carbocycles. The van der Waals surface area contributed by atoms with E-state index in [1.165, 1.54) is 5.56 Å². The van der Waals surface area contributed by atoms with Crippen LogP contribution in [0.1, 0.15) is 23.1 Å². The van der Waals surface area contributed by atoms with E-state index in [1.54, 1.807) is 13.0 Å². The fourth-order valence-electron chi connectivity index (χ4n) is 2.04. The average molecular weight is 257 g/mol. The molecule has 1 nitrogen and oxygen atoms in total. The van der Waals surface area contributed by atoms with E-state index in [1.807, 2.05) is 18.2 Å². The first-order valence-corrected chi connectivity index (χ1v) is 6.75. The second-order valence-electron chi connectivity index (χ2n) is 4.85. The van der Waals surface area contributed by atoms with Gasteiger partial charge in [-0.25, -0.2) is 4.39 Å². The van der Waals surface area contributed by atoms with E-state index in [0.717, 1.165) is 31.5 Å². The van der Waals surface area contributed by atoms with E-state index in [2.05, 4.69) is 29.6 Å². The summed E-state index contributed by atoms with van der Waals surface area (Å²) in [6.45, 7) is 3.46. The molecule has 0 saturated heterocycles. The molecule has 0 aromatic heterocycles. The summed E-state index contributed by atoms with van der Waals surface area (Å²) in [6, 6.07) is 15.9. The van der Waals surface area contributed by atoms with Crippen molar-refractivity contribution in [2.75, 3.05) is 6.54 Å². The molecular weight excluding hydrogens is 237 g/mol. The molecule has 2 rings (SSSR count). The SMILES string of the molecule is Cc1ccc(CNCCCc2ccccc2)cc1F. The minimum atomic E-state index is -0.122. The van der Waals surface area contributed by atoms with Crippen molar-refractivity contribution in [3.63, 3.8) is 0 Å². The van der Waals surface area contributed by atoms with Crippen LogP contribution < -0.4 is 5.32 Å². The highest BCUT2D eigenvalue weighted by Crippen LogP contribution is 2.09. The largest absolute Gasteiger partial charge is 0.313 e. The van der Waals surface area contributed by atoms with Gasteiger partial charge in [0.2, 0.25) is 0 Å². The number of aryl methyl sites for hydroxylation is 2. The van der Waals surface area contributed by atoms with Gasteiger partial charge in [0.15, 0.2) is 0 Å². The fraction of sp³-hybridized carbons (Fsp3) is 0.294. The third-order valence-electron chi connectivity index (χ3n) is 3.23. The summed E-state index contributed by atoms with van der Waals surface area (Å²) in [7, 11) is 0. The van der Waals surface area contributed by atoms with Crippen molar-refractivity contribution < 1.29 is 4.39 Å².